The number of rotatable bonds is 5. The third-order valence-corrected chi connectivity index (χ3v) is 2.60. The number of hydrogen-bond acceptors (Lipinski definition) is 4. The molecule has 0 aromatic heterocycles. The van der Waals surface area contributed by atoms with E-state index in [9.17, 15) is 4.79 Å². The normalized spacial score (nSPS) is 26.7. The van der Waals surface area contributed by atoms with Crippen LogP contribution in [0.5, 0.6) is 0 Å². The van der Waals surface area contributed by atoms with Crippen LogP contribution in [0, 0.1) is 0 Å². The van der Waals surface area contributed by atoms with Crippen LogP contribution >= 0.6 is 0 Å². The first-order chi connectivity index (χ1) is 7.65. The molecule has 0 aromatic rings. The number of hydrogen-bond donors (Lipinski definition) is 2. The topological polar surface area (TPSA) is 67.6 Å². The first kappa shape index (κ1) is 13.4. The van der Waals surface area contributed by atoms with Crippen LogP contribution in [-0.2, 0) is 9.53 Å². The Morgan fingerprint density at radius 2 is 2.31 bits per heavy atom. The summed E-state index contributed by atoms with van der Waals surface area (Å²) in [5, 5.41) is 2.87. The lowest BCUT2D eigenvalue weighted by atomic mass is 10.2. The second-order valence-electron chi connectivity index (χ2n) is 4.35. The van der Waals surface area contributed by atoms with Gasteiger partial charge in [-0.3, -0.25) is 9.69 Å². The molecule has 2 atom stereocenters. The van der Waals surface area contributed by atoms with Gasteiger partial charge >= 0.3 is 0 Å². The van der Waals surface area contributed by atoms with Crippen molar-refractivity contribution in [3.8, 4) is 0 Å². The van der Waals surface area contributed by atoms with Crippen molar-refractivity contribution in [1.29, 1.82) is 0 Å². The molecule has 5 heteroatoms. The van der Waals surface area contributed by atoms with Crippen LogP contribution in [0.15, 0.2) is 0 Å². The number of ether oxygens (including phenoxy) is 1. The van der Waals surface area contributed by atoms with Gasteiger partial charge < -0.3 is 15.8 Å². The fourth-order valence-electron chi connectivity index (χ4n) is 1.92. The standard InChI is InChI=1S/C11H23N3O2/c1-3-4-13-11(15)8-14-6-9(2)16-10(5-12)7-14/h9-10H,3-8,12H2,1-2H3,(H,13,15). The number of carbonyl (C=O) groups excluding carboxylic acids is 1. The fourth-order valence-corrected chi connectivity index (χ4v) is 1.92. The summed E-state index contributed by atoms with van der Waals surface area (Å²) in [5.41, 5.74) is 5.59. The molecule has 3 N–H and O–H groups in total. The molecule has 1 amide bonds. The lowest BCUT2D eigenvalue weighted by molar-refractivity contribution is -0.126. The van der Waals surface area contributed by atoms with Crippen LogP contribution in [0.25, 0.3) is 0 Å². The zero-order valence-corrected chi connectivity index (χ0v) is 10.2. The van der Waals surface area contributed by atoms with E-state index in [4.69, 9.17) is 10.5 Å². The molecule has 1 saturated heterocycles. The predicted octanol–water partition coefficient (Wildman–Crippen LogP) is -0.439. The maximum absolute atomic E-state index is 11.5. The summed E-state index contributed by atoms with van der Waals surface area (Å²) in [6, 6.07) is 0. The zero-order valence-electron chi connectivity index (χ0n) is 10.2. The van der Waals surface area contributed by atoms with Gasteiger partial charge in [0.15, 0.2) is 0 Å². The van der Waals surface area contributed by atoms with Crippen LogP contribution in [-0.4, -0.2) is 55.7 Å². The quantitative estimate of drug-likeness (QED) is 0.671. The zero-order chi connectivity index (χ0) is 12.0. The van der Waals surface area contributed by atoms with Gasteiger partial charge in [-0.2, -0.15) is 0 Å². The van der Waals surface area contributed by atoms with E-state index in [1.54, 1.807) is 0 Å². The van der Waals surface area contributed by atoms with Crippen LogP contribution in [0.2, 0.25) is 0 Å². The molecule has 1 fully saturated rings. The first-order valence-corrected chi connectivity index (χ1v) is 6.00. The van der Waals surface area contributed by atoms with Gasteiger partial charge in [0.2, 0.25) is 5.91 Å². The van der Waals surface area contributed by atoms with Gasteiger partial charge in [0, 0.05) is 26.2 Å². The van der Waals surface area contributed by atoms with Crippen molar-refractivity contribution in [2.24, 2.45) is 5.73 Å². The maximum Gasteiger partial charge on any atom is 0.234 e. The Labute approximate surface area is 97.3 Å². The lowest BCUT2D eigenvalue weighted by Gasteiger charge is -2.35. The summed E-state index contributed by atoms with van der Waals surface area (Å²) in [4.78, 5) is 13.7. The minimum atomic E-state index is 0.0581. The van der Waals surface area contributed by atoms with E-state index in [-0.39, 0.29) is 18.1 Å². The second-order valence-corrected chi connectivity index (χ2v) is 4.35. The highest BCUT2D eigenvalue weighted by atomic mass is 16.5. The van der Waals surface area contributed by atoms with Crippen molar-refractivity contribution in [2.75, 3.05) is 32.7 Å². The maximum atomic E-state index is 11.5. The van der Waals surface area contributed by atoms with Crippen molar-refractivity contribution < 1.29 is 9.53 Å². The molecule has 0 radical (unpaired) electrons. The first-order valence-electron chi connectivity index (χ1n) is 6.00. The Bertz CT molecular complexity index is 223. The molecule has 0 spiro atoms. The Kier molecular flexibility index (Phi) is 5.73. The minimum Gasteiger partial charge on any atom is -0.371 e. The van der Waals surface area contributed by atoms with E-state index in [0.717, 1.165) is 26.1 Å². The molecule has 2 unspecified atom stereocenters. The molecule has 0 saturated carbocycles. The van der Waals surface area contributed by atoms with Crippen LogP contribution in [0.4, 0.5) is 0 Å². The molecule has 1 rings (SSSR count). The molecule has 94 valence electrons. The highest BCUT2D eigenvalue weighted by Gasteiger charge is 2.25. The van der Waals surface area contributed by atoms with E-state index in [2.05, 4.69) is 10.2 Å². The second kappa shape index (κ2) is 6.83. The van der Waals surface area contributed by atoms with Gasteiger partial charge in [0.05, 0.1) is 18.8 Å². The predicted molar refractivity (Wildman–Crippen MR) is 63.1 cm³/mol. The van der Waals surface area contributed by atoms with Gasteiger partial charge in [-0.05, 0) is 13.3 Å². The summed E-state index contributed by atoms with van der Waals surface area (Å²) < 4.78 is 5.63. The van der Waals surface area contributed by atoms with Gasteiger partial charge in [-0.25, -0.2) is 0 Å². The Hall–Kier alpha value is -0.650. The summed E-state index contributed by atoms with van der Waals surface area (Å²) in [5.74, 6) is 0.0896. The van der Waals surface area contributed by atoms with E-state index in [0.29, 0.717) is 13.1 Å². The Morgan fingerprint density at radius 3 is 2.94 bits per heavy atom. The molecule has 0 aromatic carbocycles. The number of carbonyl (C=O) groups is 1. The van der Waals surface area contributed by atoms with Crippen molar-refractivity contribution >= 4 is 5.91 Å². The Morgan fingerprint density at radius 1 is 1.56 bits per heavy atom. The molecular weight excluding hydrogens is 206 g/mol. The van der Waals surface area contributed by atoms with Crippen molar-refractivity contribution in [3.05, 3.63) is 0 Å². The lowest BCUT2D eigenvalue weighted by Crippen LogP contribution is -2.51. The average molecular weight is 229 g/mol. The molecule has 0 bridgehead atoms. The molecular formula is C11H23N3O2. The molecule has 0 aliphatic carbocycles. The monoisotopic (exact) mass is 229 g/mol. The highest BCUT2D eigenvalue weighted by Crippen LogP contribution is 2.09. The fraction of sp³-hybridized carbons (Fsp3) is 0.909. The number of nitrogens with zero attached hydrogens (tertiary/aromatic N) is 1. The third-order valence-electron chi connectivity index (χ3n) is 2.60. The van der Waals surface area contributed by atoms with Gasteiger partial charge in [-0.1, -0.05) is 6.92 Å². The number of nitrogens with two attached hydrogens (primary N) is 1. The summed E-state index contributed by atoms with van der Waals surface area (Å²) in [6.45, 7) is 7.32. The van der Waals surface area contributed by atoms with E-state index in [1.165, 1.54) is 0 Å². The average Bonchev–Trinajstić information content (AvgIpc) is 2.25. The van der Waals surface area contributed by atoms with Gasteiger partial charge in [0.25, 0.3) is 0 Å². The van der Waals surface area contributed by atoms with E-state index >= 15 is 0 Å². The minimum absolute atomic E-state index is 0.0581. The van der Waals surface area contributed by atoms with E-state index in [1.807, 2.05) is 13.8 Å². The molecule has 1 heterocycles. The summed E-state index contributed by atoms with van der Waals surface area (Å²) >= 11 is 0. The van der Waals surface area contributed by atoms with Crippen molar-refractivity contribution in [3.63, 3.8) is 0 Å². The van der Waals surface area contributed by atoms with Gasteiger partial charge in [0.1, 0.15) is 0 Å². The number of nitrogens with one attached hydrogen (secondary N) is 1. The van der Waals surface area contributed by atoms with Crippen LogP contribution in [0.3, 0.4) is 0 Å². The van der Waals surface area contributed by atoms with Gasteiger partial charge in [-0.15, -0.1) is 0 Å². The Balaban J connectivity index is 2.32. The number of amides is 1. The SMILES string of the molecule is CCCNC(=O)CN1CC(C)OC(CN)C1. The summed E-state index contributed by atoms with van der Waals surface area (Å²) in [6.07, 6.45) is 1.18. The molecule has 1 aliphatic heterocycles. The summed E-state index contributed by atoms with van der Waals surface area (Å²) in [7, 11) is 0. The molecule has 16 heavy (non-hydrogen) atoms. The smallest absolute Gasteiger partial charge is 0.234 e. The molecule has 5 nitrogen and oxygen atoms in total. The van der Waals surface area contributed by atoms with Crippen molar-refractivity contribution in [1.82, 2.24) is 10.2 Å². The largest absolute Gasteiger partial charge is 0.371 e. The number of morpholine rings is 1. The van der Waals surface area contributed by atoms with E-state index < -0.39 is 0 Å². The van der Waals surface area contributed by atoms with Crippen LogP contribution in [0.1, 0.15) is 20.3 Å². The molecule has 1 aliphatic rings. The highest BCUT2D eigenvalue weighted by molar-refractivity contribution is 5.77. The van der Waals surface area contributed by atoms with Crippen molar-refractivity contribution in [2.45, 2.75) is 32.5 Å². The third kappa shape index (κ3) is 4.47. The van der Waals surface area contributed by atoms with Crippen LogP contribution < -0.4 is 11.1 Å².